The Kier molecular flexibility index (Phi) is 5.36. The van der Waals surface area contributed by atoms with E-state index in [2.05, 4.69) is 4.98 Å². The number of nitrogens with zero attached hydrogens (tertiary/aromatic N) is 1. The number of H-pyrrole nitrogens is 1. The molecular formula is C23H24N2O4. The first-order chi connectivity index (χ1) is 14.0. The molecule has 1 atom stereocenters. The van der Waals surface area contributed by atoms with Crippen LogP contribution in [0.3, 0.4) is 0 Å². The van der Waals surface area contributed by atoms with E-state index in [9.17, 15) is 9.59 Å². The molecule has 1 aliphatic heterocycles. The summed E-state index contributed by atoms with van der Waals surface area (Å²) in [6.07, 6.45) is -0.980. The standard InChI is InChI=1S/C23H24N2O4/c1-15-16(2)24-20-9-8-18(14-19(15)20)23(27)29-21(17-6-4-3-5-7-17)22(26)25-10-12-28-13-11-25/h3-9,14,21,24H,10-13H2,1-2H3/t21-/m0/s1. The average molecular weight is 392 g/mol. The third kappa shape index (κ3) is 3.89. The van der Waals surface area contributed by atoms with E-state index in [-0.39, 0.29) is 5.91 Å². The minimum absolute atomic E-state index is 0.220. The van der Waals surface area contributed by atoms with Crippen LogP contribution in [-0.4, -0.2) is 48.1 Å². The third-order valence-corrected chi connectivity index (χ3v) is 5.42. The van der Waals surface area contributed by atoms with Crippen molar-refractivity contribution in [2.24, 2.45) is 0 Å². The Labute approximate surface area is 169 Å². The van der Waals surface area contributed by atoms with E-state index in [1.807, 2.05) is 44.2 Å². The summed E-state index contributed by atoms with van der Waals surface area (Å²) < 4.78 is 11.1. The van der Waals surface area contributed by atoms with Gasteiger partial charge in [-0.05, 0) is 37.6 Å². The van der Waals surface area contributed by atoms with Crippen molar-refractivity contribution in [1.29, 1.82) is 0 Å². The van der Waals surface area contributed by atoms with Crippen molar-refractivity contribution < 1.29 is 19.1 Å². The van der Waals surface area contributed by atoms with Crippen LogP contribution in [0.2, 0.25) is 0 Å². The first-order valence-corrected chi connectivity index (χ1v) is 9.76. The number of hydrogen-bond acceptors (Lipinski definition) is 4. The molecular weight excluding hydrogens is 368 g/mol. The second-order valence-corrected chi connectivity index (χ2v) is 7.27. The zero-order chi connectivity index (χ0) is 20.4. The summed E-state index contributed by atoms with van der Waals surface area (Å²) in [6.45, 7) is 5.98. The van der Waals surface area contributed by atoms with Crippen LogP contribution < -0.4 is 0 Å². The molecule has 2 aromatic carbocycles. The van der Waals surface area contributed by atoms with Gasteiger partial charge >= 0.3 is 5.97 Å². The maximum Gasteiger partial charge on any atom is 0.339 e. The molecule has 1 aromatic heterocycles. The molecule has 0 spiro atoms. The van der Waals surface area contributed by atoms with Crippen LogP contribution in [0.25, 0.3) is 10.9 Å². The smallest absolute Gasteiger partial charge is 0.339 e. The topological polar surface area (TPSA) is 71.6 Å². The highest BCUT2D eigenvalue weighted by molar-refractivity contribution is 5.97. The number of aryl methyl sites for hydroxylation is 2. The van der Waals surface area contributed by atoms with Gasteiger partial charge in [0.1, 0.15) is 0 Å². The minimum atomic E-state index is -0.980. The second kappa shape index (κ2) is 8.09. The molecule has 1 amide bonds. The first kappa shape index (κ1) is 19.2. The molecule has 6 heteroatoms. The SMILES string of the molecule is Cc1[nH]c2ccc(C(=O)O[C@H](C(=O)N3CCOCC3)c3ccccc3)cc2c1C. The first-order valence-electron chi connectivity index (χ1n) is 9.76. The number of benzene rings is 2. The van der Waals surface area contributed by atoms with Gasteiger partial charge in [-0.1, -0.05) is 30.3 Å². The Balaban J connectivity index is 1.62. The average Bonchev–Trinajstić information content (AvgIpc) is 3.05. The lowest BCUT2D eigenvalue weighted by Gasteiger charge is -2.30. The van der Waals surface area contributed by atoms with Gasteiger partial charge < -0.3 is 19.4 Å². The van der Waals surface area contributed by atoms with Crippen molar-refractivity contribution in [2.45, 2.75) is 20.0 Å². The number of esters is 1. The number of hydrogen-bond donors (Lipinski definition) is 1. The summed E-state index contributed by atoms with van der Waals surface area (Å²) >= 11 is 0. The van der Waals surface area contributed by atoms with E-state index in [4.69, 9.17) is 9.47 Å². The number of aromatic nitrogens is 1. The van der Waals surface area contributed by atoms with E-state index in [0.717, 1.165) is 22.2 Å². The molecule has 0 aliphatic carbocycles. The van der Waals surface area contributed by atoms with Crippen LogP contribution in [-0.2, 0) is 14.3 Å². The molecule has 1 aliphatic rings. The van der Waals surface area contributed by atoms with E-state index in [0.29, 0.717) is 37.4 Å². The zero-order valence-corrected chi connectivity index (χ0v) is 16.6. The predicted molar refractivity (Wildman–Crippen MR) is 110 cm³/mol. The molecule has 6 nitrogen and oxygen atoms in total. The number of ether oxygens (including phenoxy) is 2. The summed E-state index contributed by atoms with van der Waals surface area (Å²) in [5.74, 6) is -0.733. The summed E-state index contributed by atoms with van der Waals surface area (Å²) in [5.41, 5.74) is 4.22. The highest BCUT2D eigenvalue weighted by Crippen LogP contribution is 2.26. The van der Waals surface area contributed by atoms with E-state index < -0.39 is 12.1 Å². The lowest BCUT2D eigenvalue weighted by Crippen LogP contribution is -2.44. The van der Waals surface area contributed by atoms with Crippen LogP contribution in [0.5, 0.6) is 0 Å². The molecule has 3 aromatic rings. The van der Waals surface area contributed by atoms with Crippen molar-refractivity contribution in [3.8, 4) is 0 Å². The molecule has 0 unspecified atom stereocenters. The number of morpholine rings is 1. The highest BCUT2D eigenvalue weighted by atomic mass is 16.5. The molecule has 1 N–H and O–H groups in total. The van der Waals surface area contributed by atoms with Crippen LogP contribution in [0, 0.1) is 13.8 Å². The third-order valence-electron chi connectivity index (χ3n) is 5.42. The van der Waals surface area contributed by atoms with Gasteiger partial charge in [0.15, 0.2) is 0 Å². The molecule has 29 heavy (non-hydrogen) atoms. The lowest BCUT2D eigenvalue weighted by molar-refractivity contribution is -0.145. The normalized spacial score (nSPS) is 15.3. The Morgan fingerprint density at radius 1 is 1.07 bits per heavy atom. The van der Waals surface area contributed by atoms with Crippen molar-refractivity contribution in [1.82, 2.24) is 9.88 Å². The lowest BCUT2D eigenvalue weighted by atomic mass is 10.1. The predicted octanol–water partition coefficient (Wildman–Crippen LogP) is 3.54. The van der Waals surface area contributed by atoms with Gasteiger partial charge in [-0.25, -0.2) is 4.79 Å². The van der Waals surface area contributed by atoms with Gasteiger partial charge in [0.25, 0.3) is 5.91 Å². The fourth-order valence-corrected chi connectivity index (χ4v) is 3.60. The largest absolute Gasteiger partial charge is 0.444 e. The van der Waals surface area contributed by atoms with E-state index in [1.165, 1.54) is 0 Å². The van der Waals surface area contributed by atoms with Crippen LogP contribution >= 0.6 is 0 Å². The minimum Gasteiger partial charge on any atom is -0.444 e. The molecule has 1 saturated heterocycles. The van der Waals surface area contributed by atoms with Crippen molar-refractivity contribution >= 4 is 22.8 Å². The molecule has 1 fully saturated rings. The molecule has 150 valence electrons. The Morgan fingerprint density at radius 2 is 1.79 bits per heavy atom. The number of rotatable bonds is 4. The van der Waals surface area contributed by atoms with Crippen LogP contribution in [0.4, 0.5) is 0 Å². The zero-order valence-electron chi connectivity index (χ0n) is 16.6. The van der Waals surface area contributed by atoms with Gasteiger partial charge in [0.05, 0.1) is 18.8 Å². The number of amides is 1. The maximum atomic E-state index is 13.1. The van der Waals surface area contributed by atoms with Crippen molar-refractivity contribution in [3.63, 3.8) is 0 Å². The Bertz CT molecular complexity index is 1040. The fourth-order valence-electron chi connectivity index (χ4n) is 3.60. The quantitative estimate of drug-likeness (QED) is 0.690. The monoisotopic (exact) mass is 392 g/mol. The van der Waals surface area contributed by atoms with Gasteiger partial charge in [0.2, 0.25) is 6.10 Å². The van der Waals surface area contributed by atoms with E-state index >= 15 is 0 Å². The molecule has 0 bridgehead atoms. The number of nitrogens with one attached hydrogen (secondary N) is 1. The van der Waals surface area contributed by atoms with Crippen LogP contribution in [0.15, 0.2) is 48.5 Å². The fraction of sp³-hybridized carbons (Fsp3) is 0.304. The van der Waals surface area contributed by atoms with Gasteiger partial charge in [0, 0.05) is 35.2 Å². The summed E-state index contributed by atoms with van der Waals surface area (Å²) in [4.78, 5) is 31.1. The van der Waals surface area contributed by atoms with Crippen molar-refractivity contribution in [2.75, 3.05) is 26.3 Å². The van der Waals surface area contributed by atoms with Crippen LogP contribution in [0.1, 0.15) is 33.3 Å². The van der Waals surface area contributed by atoms with Gasteiger partial charge in [-0.15, -0.1) is 0 Å². The maximum absolute atomic E-state index is 13.1. The Morgan fingerprint density at radius 3 is 2.52 bits per heavy atom. The second-order valence-electron chi connectivity index (χ2n) is 7.27. The highest BCUT2D eigenvalue weighted by Gasteiger charge is 2.31. The summed E-state index contributed by atoms with van der Waals surface area (Å²) in [6, 6.07) is 14.6. The summed E-state index contributed by atoms with van der Waals surface area (Å²) in [5, 5.41) is 0.979. The summed E-state index contributed by atoms with van der Waals surface area (Å²) in [7, 11) is 0. The molecule has 4 rings (SSSR count). The number of carbonyl (C=O) groups is 2. The molecule has 0 radical (unpaired) electrons. The number of aromatic amines is 1. The van der Waals surface area contributed by atoms with E-state index in [1.54, 1.807) is 23.1 Å². The Hall–Kier alpha value is -3.12. The number of carbonyl (C=O) groups excluding carboxylic acids is 2. The number of fused-ring (bicyclic) bond motifs is 1. The van der Waals surface area contributed by atoms with Crippen molar-refractivity contribution in [3.05, 3.63) is 70.9 Å². The molecule has 0 saturated carbocycles. The van der Waals surface area contributed by atoms with Gasteiger partial charge in [-0.2, -0.15) is 0 Å². The van der Waals surface area contributed by atoms with Gasteiger partial charge in [-0.3, -0.25) is 4.79 Å². The molecule has 2 heterocycles.